The van der Waals surface area contributed by atoms with E-state index in [-0.39, 0.29) is 31.1 Å². The summed E-state index contributed by atoms with van der Waals surface area (Å²) in [5.41, 5.74) is 0. The Labute approximate surface area is 345 Å². The van der Waals surface area contributed by atoms with Gasteiger partial charge in [-0.1, -0.05) is 184 Å². The van der Waals surface area contributed by atoms with E-state index in [1.807, 2.05) is 0 Å². The molecule has 0 rings (SSSR count). The van der Waals surface area contributed by atoms with Crippen LogP contribution in [0.4, 0.5) is 0 Å². The highest BCUT2D eigenvalue weighted by Crippen LogP contribution is 2.14. The Balaban J connectivity index is 4.38. The molecular formula is C50H86O6. The van der Waals surface area contributed by atoms with E-state index in [1.54, 1.807) is 0 Å². The zero-order chi connectivity index (χ0) is 40.8. The van der Waals surface area contributed by atoms with Crippen molar-refractivity contribution in [3.8, 4) is 0 Å². The summed E-state index contributed by atoms with van der Waals surface area (Å²) in [6.45, 7) is 6.35. The fourth-order valence-corrected chi connectivity index (χ4v) is 6.32. The third kappa shape index (κ3) is 42.3. The number of rotatable bonds is 41. The van der Waals surface area contributed by atoms with Crippen molar-refractivity contribution >= 4 is 17.9 Å². The van der Waals surface area contributed by atoms with E-state index in [9.17, 15) is 14.4 Å². The van der Waals surface area contributed by atoms with Crippen LogP contribution in [0.15, 0.2) is 60.8 Å². The largest absolute Gasteiger partial charge is 0.462 e. The lowest BCUT2D eigenvalue weighted by Gasteiger charge is -2.18. The Morgan fingerprint density at radius 3 is 1.12 bits per heavy atom. The molecule has 0 N–H and O–H groups in total. The second-order valence-electron chi connectivity index (χ2n) is 15.3. The van der Waals surface area contributed by atoms with Crippen LogP contribution in [-0.4, -0.2) is 37.2 Å². The summed E-state index contributed by atoms with van der Waals surface area (Å²) >= 11 is 0. The minimum atomic E-state index is -0.787. The predicted molar refractivity (Wildman–Crippen MR) is 238 cm³/mol. The van der Waals surface area contributed by atoms with Crippen LogP contribution in [0.2, 0.25) is 0 Å². The van der Waals surface area contributed by atoms with Gasteiger partial charge in [-0.25, -0.2) is 0 Å². The van der Waals surface area contributed by atoms with E-state index >= 15 is 0 Å². The number of ether oxygens (including phenoxy) is 3. The number of hydrogen-bond donors (Lipinski definition) is 0. The van der Waals surface area contributed by atoms with Gasteiger partial charge in [-0.3, -0.25) is 14.4 Å². The first-order valence-electron chi connectivity index (χ1n) is 23.3. The van der Waals surface area contributed by atoms with Gasteiger partial charge in [-0.2, -0.15) is 0 Å². The van der Waals surface area contributed by atoms with E-state index in [0.717, 1.165) is 96.3 Å². The molecule has 0 spiro atoms. The van der Waals surface area contributed by atoms with Crippen LogP contribution in [-0.2, 0) is 28.6 Å². The molecule has 6 heteroatoms. The smallest absolute Gasteiger partial charge is 0.306 e. The molecule has 1 atom stereocenters. The Morgan fingerprint density at radius 1 is 0.375 bits per heavy atom. The van der Waals surface area contributed by atoms with Crippen LogP contribution in [0, 0.1) is 0 Å². The van der Waals surface area contributed by atoms with Crippen molar-refractivity contribution in [1.29, 1.82) is 0 Å². The molecular weight excluding hydrogens is 697 g/mol. The normalized spacial score (nSPS) is 12.6. The van der Waals surface area contributed by atoms with Crippen LogP contribution in [0.3, 0.4) is 0 Å². The van der Waals surface area contributed by atoms with Crippen LogP contribution < -0.4 is 0 Å². The maximum Gasteiger partial charge on any atom is 0.306 e. The zero-order valence-corrected chi connectivity index (χ0v) is 36.6. The first-order valence-corrected chi connectivity index (χ1v) is 23.3. The third-order valence-electron chi connectivity index (χ3n) is 9.77. The van der Waals surface area contributed by atoms with Gasteiger partial charge >= 0.3 is 17.9 Å². The number of hydrogen-bond acceptors (Lipinski definition) is 6. The van der Waals surface area contributed by atoms with Crippen molar-refractivity contribution < 1.29 is 28.6 Å². The topological polar surface area (TPSA) is 78.9 Å². The summed E-state index contributed by atoms with van der Waals surface area (Å²) < 4.78 is 16.7. The standard InChI is InChI=1S/C50H86O6/c1-4-7-10-13-16-19-21-23-24-25-27-28-31-34-37-40-43-49(52)55-46-47(45-54-48(51)42-39-36-33-30-18-15-12-9-6-3)56-50(53)44-41-38-35-32-29-26-22-20-17-14-11-8-5-2/h7,9-10,12,16,18-19,23-24,30,47H,4-6,8,11,13-15,17,20-22,25-29,31-46H2,1-3H3/b10-7-,12-9-,19-16-,24-23-,30-18-. The van der Waals surface area contributed by atoms with Gasteiger partial charge in [0.1, 0.15) is 13.2 Å². The summed E-state index contributed by atoms with van der Waals surface area (Å²) in [5.74, 6) is -0.941. The second-order valence-corrected chi connectivity index (χ2v) is 15.3. The van der Waals surface area contributed by atoms with E-state index in [4.69, 9.17) is 14.2 Å². The Bertz CT molecular complexity index is 1040. The molecule has 0 amide bonds. The lowest BCUT2D eigenvalue weighted by atomic mass is 10.0. The van der Waals surface area contributed by atoms with Gasteiger partial charge in [0, 0.05) is 19.3 Å². The molecule has 0 fully saturated rings. The van der Waals surface area contributed by atoms with Crippen molar-refractivity contribution in [1.82, 2.24) is 0 Å². The van der Waals surface area contributed by atoms with Crippen molar-refractivity contribution in [3.63, 3.8) is 0 Å². The van der Waals surface area contributed by atoms with Crippen molar-refractivity contribution in [2.24, 2.45) is 0 Å². The molecule has 0 aliphatic carbocycles. The molecule has 0 aromatic heterocycles. The average Bonchev–Trinajstić information content (AvgIpc) is 3.19. The summed E-state index contributed by atoms with van der Waals surface area (Å²) in [6.07, 6.45) is 53.6. The number of unbranched alkanes of at least 4 members (excludes halogenated alkanes) is 20. The highest BCUT2D eigenvalue weighted by Gasteiger charge is 2.19. The van der Waals surface area contributed by atoms with Crippen LogP contribution >= 0.6 is 0 Å². The van der Waals surface area contributed by atoms with Crippen molar-refractivity contribution in [3.05, 3.63) is 60.8 Å². The minimum absolute atomic E-state index is 0.0903. The summed E-state index contributed by atoms with van der Waals surface area (Å²) in [4.78, 5) is 37.7. The fraction of sp³-hybridized carbons (Fsp3) is 0.740. The zero-order valence-electron chi connectivity index (χ0n) is 36.6. The molecule has 322 valence electrons. The lowest BCUT2D eigenvalue weighted by Crippen LogP contribution is -2.30. The van der Waals surface area contributed by atoms with Gasteiger partial charge in [0.25, 0.3) is 0 Å². The highest BCUT2D eigenvalue weighted by atomic mass is 16.6. The summed E-state index contributed by atoms with van der Waals surface area (Å²) in [7, 11) is 0. The van der Waals surface area contributed by atoms with Gasteiger partial charge < -0.3 is 14.2 Å². The molecule has 0 aromatic carbocycles. The number of carbonyl (C=O) groups excluding carboxylic acids is 3. The quantitative estimate of drug-likeness (QED) is 0.0266. The number of allylic oxidation sites excluding steroid dienone is 10. The molecule has 6 nitrogen and oxygen atoms in total. The monoisotopic (exact) mass is 783 g/mol. The second kappa shape index (κ2) is 44.8. The molecule has 0 heterocycles. The lowest BCUT2D eigenvalue weighted by molar-refractivity contribution is -0.167. The molecule has 0 saturated heterocycles. The van der Waals surface area contributed by atoms with Gasteiger partial charge in [0.15, 0.2) is 6.10 Å². The molecule has 56 heavy (non-hydrogen) atoms. The van der Waals surface area contributed by atoms with E-state index in [1.165, 1.54) is 83.5 Å². The Morgan fingerprint density at radius 2 is 0.696 bits per heavy atom. The molecule has 0 aliphatic rings. The first-order chi connectivity index (χ1) is 27.5. The molecule has 1 unspecified atom stereocenters. The van der Waals surface area contributed by atoms with Gasteiger partial charge in [-0.05, 0) is 77.0 Å². The molecule has 0 radical (unpaired) electrons. The van der Waals surface area contributed by atoms with E-state index in [0.29, 0.717) is 19.3 Å². The van der Waals surface area contributed by atoms with E-state index < -0.39 is 6.10 Å². The average molecular weight is 783 g/mol. The molecule has 0 bridgehead atoms. The summed E-state index contributed by atoms with van der Waals surface area (Å²) in [5, 5.41) is 0. The first kappa shape index (κ1) is 53.1. The van der Waals surface area contributed by atoms with E-state index in [2.05, 4.69) is 81.5 Å². The summed E-state index contributed by atoms with van der Waals surface area (Å²) in [6, 6.07) is 0. The number of esters is 3. The van der Waals surface area contributed by atoms with Crippen molar-refractivity contribution in [2.75, 3.05) is 13.2 Å². The van der Waals surface area contributed by atoms with Crippen LogP contribution in [0.25, 0.3) is 0 Å². The Hall–Kier alpha value is -2.89. The highest BCUT2D eigenvalue weighted by molar-refractivity contribution is 5.71. The minimum Gasteiger partial charge on any atom is -0.462 e. The molecule has 0 aliphatic heterocycles. The maximum absolute atomic E-state index is 12.7. The van der Waals surface area contributed by atoms with Crippen LogP contribution in [0.1, 0.15) is 220 Å². The Kier molecular flexibility index (Phi) is 42.5. The van der Waals surface area contributed by atoms with Crippen LogP contribution in [0.5, 0.6) is 0 Å². The maximum atomic E-state index is 12.7. The third-order valence-corrected chi connectivity index (χ3v) is 9.77. The van der Waals surface area contributed by atoms with Gasteiger partial charge in [-0.15, -0.1) is 0 Å². The SMILES string of the molecule is CC/C=C\C/C=C\C/C=C\CCCCCCCCC(=O)OCC(COC(=O)CCCC/C=C\C/C=C\CC)OC(=O)CCCCCCCCCCCCCCC. The van der Waals surface area contributed by atoms with Crippen molar-refractivity contribution in [2.45, 2.75) is 226 Å². The fourth-order valence-electron chi connectivity index (χ4n) is 6.32. The molecule has 0 saturated carbocycles. The van der Waals surface area contributed by atoms with Gasteiger partial charge in [0.2, 0.25) is 0 Å². The number of carbonyl (C=O) groups is 3. The molecule has 0 aromatic rings. The van der Waals surface area contributed by atoms with Gasteiger partial charge in [0.05, 0.1) is 0 Å². The predicted octanol–water partition coefficient (Wildman–Crippen LogP) is 14.9.